The summed E-state index contributed by atoms with van der Waals surface area (Å²) in [6.45, 7) is 12.7. The molecule has 2 amide bonds. The third kappa shape index (κ3) is 6.15. The Morgan fingerprint density at radius 1 is 0.905 bits per heavy atom. The minimum Gasteiger partial charge on any atom is -0.355 e. The maximum absolute atomic E-state index is 12.5. The average molecular weight is 294 g/mol. The van der Waals surface area contributed by atoms with Crippen LogP contribution in [0.15, 0.2) is 25.3 Å². The third-order valence-corrected chi connectivity index (χ3v) is 3.49. The smallest absolute Gasteiger partial charge is 0.236 e. The highest BCUT2D eigenvalue weighted by atomic mass is 16.2. The van der Waals surface area contributed by atoms with Gasteiger partial charge in [0.25, 0.3) is 0 Å². The van der Waals surface area contributed by atoms with Crippen molar-refractivity contribution in [2.24, 2.45) is 5.41 Å². The Hall–Kier alpha value is -1.58. The van der Waals surface area contributed by atoms with Crippen LogP contribution in [0.2, 0.25) is 0 Å². The van der Waals surface area contributed by atoms with E-state index in [1.165, 1.54) is 0 Å². The van der Waals surface area contributed by atoms with E-state index in [-0.39, 0.29) is 11.8 Å². The normalized spacial score (nSPS) is 10.8. The van der Waals surface area contributed by atoms with E-state index in [1.54, 1.807) is 12.2 Å². The summed E-state index contributed by atoms with van der Waals surface area (Å²) >= 11 is 0. The molecule has 0 spiro atoms. The van der Waals surface area contributed by atoms with E-state index in [9.17, 15) is 9.59 Å². The van der Waals surface area contributed by atoms with Gasteiger partial charge >= 0.3 is 0 Å². The maximum Gasteiger partial charge on any atom is 0.236 e. The van der Waals surface area contributed by atoms with Crippen molar-refractivity contribution in [1.29, 1.82) is 0 Å². The van der Waals surface area contributed by atoms with E-state index in [0.29, 0.717) is 25.9 Å². The Bertz CT molecular complexity index is 317. The van der Waals surface area contributed by atoms with Crippen LogP contribution in [0.25, 0.3) is 0 Å². The lowest BCUT2D eigenvalue weighted by Gasteiger charge is -2.29. The van der Waals surface area contributed by atoms with Gasteiger partial charge in [-0.15, -0.1) is 13.2 Å². The number of amides is 2. The lowest BCUT2D eigenvalue weighted by molar-refractivity contribution is -0.143. The fourth-order valence-electron chi connectivity index (χ4n) is 2.15. The zero-order valence-electron chi connectivity index (χ0n) is 13.5. The molecule has 0 radical (unpaired) electrons. The van der Waals surface area contributed by atoms with Crippen LogP contribution in [0.4, 0.5) is 0 Å². The number of carbonyl (C=O) groups is 2. The average Bonchev–Trinajstić information content (AvgIpc) is 2.47. The van der Waals surface area contributed by atoms with Gasteiger partial charge in [0.05, 0.1) is 0 Å². The molecule has 0 aromatic rings. The maximum atomic E-state index is 12.5. The van der Waals surface area contributed by atoms with Crippen molar-refractivity contribution >= 4 is 11.8 Å². The van der Waals surface area contributed by atoms with E-state index in [4.69, 9.17) is 0 Å². The molecular formula is C17H30N2O2. The van der Waals surface area contributed by atoms with Crippen molar-refractivity contribution in [2.45, 2.75) is 52.4 Å². The van der Waals surface area contributed by atoms with Crippen LogP contribution in [-0.4, -0.2) is 24.9 Å². The second-order valence-corrected chi connectivity index (χ2v) is 5.29. The number of hydrogen-bond acceptors (Lipinski definition) is 2. The van der Waals surface area contributed by atoms with Gasteiger partial charge in [0.2, 0.25) is 11.8 Å². The predicted octanol–water partition coefficient (Wildman–Crippen LogP) is 2.96. The van der Waals surface area contributed by atoms with Gasteiger partial charge in [0, 0.05) is 13.1 Å². The summed E-state index contributed by atoms with van der Waals surface area (Å²) in [5, 5.41) is 5.74. The standard InChI is InChI=1S/C17H30N2O2/c1-5-9-13-18-15(20)17(11-7-3,12-8-4)16(21)19-14-10-6-2/h7-8H,3-6,9-14H2,1-2H3,(H,18,20)(H,19,21). The van der Waals surface area contributed by atoms with Gasteiger partial charge in [-0.3, -0.25) is 9.59 Å². The van der Waals surface area contributed by atoms with Gasteiger partial charge in [0.1, 0.15) is 5.41 Å². The molecule has 0 aliphatic carbocycles. The van der Waals surface area contributed by atoms with Crippen LogP contribution < -0.4 is 10.6 Å². The lowest BCUT2D eigenvalue weighted by atomic mass is 9.79. The summed E-state index contributed by atoms with van der Waals surface area (Å²) in [5.41, 5.74) is -1.12. The van der Waals surface area contributed by atoms with Gasteiger partial charge in [-0.05, 0) is 25.7 Å². The van der Waals surface area contributed by atoms with Crippen LogP contribution in [0.1, 0.15) is 52.4 Å². The number of allylic oxidation sites excluding steroid dienone is 2. The summed E-state index contributed by atoms with van der Waals surface area (Å²) in [6, 6.07) is 0. The molecule has 0 saturated heterocycles. The van der Waals surface area contributed by atoms with Gasteiger partial charge < -0.3 is 10.6 Å². The first-order valence-electron chi connectivity index (χ1n) is 7.87. The van der Waals surface area contributed by atoms with Gasteiger partial charge in [-0.1, -0.05) is 38.8 Å². The second-order valence-electron chi connectivity index (χ2n) is 5.29. The Labute approximate surface area is 129 Å². The fraction of sp³-hybridized carbons (Fsp3) is 0.647. The number of nitrogens with one attached hydrogen (secondary N) is 2. The molecule has 21 heavy (non-hydrogen) atoms. The third-order valence-electron chi connectivity index (χ3n) is 3.49. The Morgan fingerprint density at radius 3 is 1.57 bits per heavy atom. The zero-order valence-corrected chi connectivity index (χ0v) is 13.5. The number of carbonyl (C=O) groups excluding carboxylic acids is 2. The van der Waals surface area contributed by atoms with E-state index < -0.39 is 5.41 Å². The number of hydrogen-bond donors (Lipinski definition) is 2. The van der Waals surface area contributed by atoms with Crippen molar-refractivity contribution in [1.82, 2.24) is 10.6 Å². The minimum atomic E-state index is -1.12. The Kier molecular flexibility index (Phi) is 10.3. The van der Waals surface area contributed by atoms with Crippen molar-refractivity contribution in [3.8, 4) is 0 Å². The summed E-state index contributed by atoms with van der Waals surface area (Å²) < 4.78 is 0. The molecule has 0 saturated carbocycles. The molecular weight excluding hydrogens is 264 g/mol. The molecule has 0 aromatic heterocycles. The predicted molar refractivity (Wildman–Crippen MR) is 87.9 cm³/mol. The summed E-state index contributed by atoms with van der Waals surface area (Å²) in [6.07, 6.45) is 7.69. The molecule has 0 aliphatic rings. The fourth-order valence-corrected chi connectivity index (χ4v) is 2.15. The molecule has 0 rings (SSSR count). The van der Waals surface area contributed by atoms with Crippen LogP contribution in [0, 0.1) is 5.41 Å². The zero-order chi connectivity index (χ0) is 16.1. The first kappa shape index (κ1) is 19.4. The van der Waals surface area contributed by atoms with Crippen LogP contribution >= 0.6 is 0 Å². The van der Waals surface area contributed by atoms with Crippen molar-refractivity contribution in [2.75, 3.05) is 13.1 Å². The van der Waals surface area contributed by atoms with Crippen molar-refractivity contribution in [3.05, 3.63) is 25.3 Å². The molecule has 4 heteroatoms. The number of rotatable bonds is 12. The first-order valence-corrected chi connectivity index (χ1v) is 7.87. The van der Waals surface area contributed by atoms with Crippen molar-refractivity contribution in [3.63, 3.8) is 0 Å². The van der Waals surface area contributed by atoms with Gasteiger partial charge in [0.15, 0.2) is 0 Å². The van der Waals surface area contributed by atoms with E-state index in [2.05, 4.69) is 37.6 Å². The first-order chi connectivity index (χ1) is 10.1. The van der Waals surface area contributed by atoms with Crippen molar-refractivity contribution < 1.29 is 9.59 Å². The number of unbranched alkanes of at least 4 members (excludes halogenated alkanes) is 2. The molecule has 0 fully saturated rings. The Balaban J connectivity index is 5.02. The highest BCUT2D eigenvalue weighted by Gasteiger charge is 2.43. The largest absolute Gasteiger partial charge is 0.355 e. The van der Waals surface area contributed by atoms with Crippen LogP contribution in [0.3, 0.4) is 0 Å². The van der Waals surface area contributed by atoms with Gasteiger partial charge in [-0.25, -0.2) is 0 Å². The van der Waals surface area contributed by atoms with Crippen LogP contribution in [-0.2, 0) is 9.59 Å². The topological polar surface area (TPSA) is 58.2 Å². The molecule has 2 N–H and O–H groups in total. The molecule has 0 aromatic carbocycles. The quantitative estimate of drug-likeness (QED) is 0.330. The molecule has 0 unspecified atom stereocenters. The molecule has 120 valence electrons. The Morgan fingerprint density at radius 2 is 1.29 bits per heavy atom. The van der Waals surface area contributed by atoms with E-state index in [0.717, 1.165) is 25.7 Å². The van der Waals surface area contributed by atoms with Gasteiger partial charge in [-0.2, -0.15) is 0 Å². The SMILES string of the molecule is C=CCC(CC=C)(C(=O)NCCCC)C(=O)NCCCC. The lowest BCUT2D eigenvalue weighted by Crippen LogP contribution is -2.51. The summed E-state index contributed by atoms with van der Waals surface area (Å²) in [4.78, 5) is 25.1. The highest BCUT2D eigenvalue weighted by molar-refractivity contribution is 6.05. The van der Waals surface area contributed by atoms with Crippen LogP contribution in [0.5, 0.6) is 0 Å². The van der Waals surface area contributed by atoms with E-state index >= 15 is 0 Å². The minimum absolute atomic E-state index is 0.232. The molecule has 0 aliphatic heterocycles. The highest BCUT2D eigenvalue weighted by Crippen LogP contribution is 2.29. The van der Waals surface area contributed by atoms with E-state index in [1.807, 2.05) is 0 Å². The summed E-state index contributed by atoms with van der Waals surface area (Å²) in [7, 11) is 0. The molecule has 0 heterocycles. The molecule has 0 bridgehead atoms. The second kappa shape index (κ2) is 11.1. The monoisotopic (exact) mass is 294 g/mol. The summed E-state index contributed by atoms with van der Waals surface area (Å²) in [5.74, 6) is -0.463. The molecule has 4 nitrogen and oxygen atoms in total. The molecule has 0 atom stereocenters.